The van der Waals surface area contributed by atoms with E-state index in [1.807, 2.05) is 18.7 Å². The number of hydrogen-bond donors (Lipinski definition) is 1. The Hall–Kier alpha value is -3.56. The van der Waals surface area contributed by atoms with Crippen molar-refractivity contribution >= 4 is 11.7 Å². The van der Waals surface area contributed by atoms with Gasteiger partial charge in [-0.15, -0.1) is 0 Å². The Labute approximate surface area is 200 Å². The van der Waals surface area contributed by atoms with E-state index in [-0.39, 0.29) is 34.8 Å². The maximum absolute atomic E-state index is 14.7. The Kier molecular flexibility index (Phi) is 7.00. The van der Waals surface area contributed by atoms with Gasteiger partial charge in [-0.1, -0.05) is 26.0 Å². The van der Waals surface area contributed by atoms with Crippen molar-refractivity contribution in [1.29, 1.82) is 0 Å². The number of amides is 1. The second-order valence-electron chi connectivity index (χ2n) is 8.78. The van der Waals surface area contributed by atoms with Gasteiger partial charge < -0.3 is 10.2 Å². The van der Waals surface area contributed by atoms with Crippen molar-refractivity contribution in [2.24, 2.45) is 5.92 Å². The number of alkyl halides is 3. The maximum Gasteiger partial charge on any atom is 0.416 e. The van der Waals surface area contributed by atoms with E-state index in [2.05, 4.69) is 20.3 Å². The van der Waals surface area contributed by atoms with Crippen LogP contribution in [0.3, 0.4) is 0 Å². The first-order valence-corrected chi connectivity index (χ1v) is 11.3. The molecule has 0 radical (unpaired) electrons. The number of nitrogens with zero attached hydrogens (tertiary/aromatic N) is 4. The molecule has 0 bridgehead atoms. The number of rotatable bonds is 5. The number of anilines is 1. The number of pyridine rings is 1. The number of hydrogen-bond acceptors (Lipinski definition) is 5. The van der Waals surface area contributed by atoms with E-state index in [0.29, 0.717) is 24.5 Å². The Bertz CT molecular complexity index is 1190. The second kappa shape index (κ2) is 9.97. The first-order valence-electron chi connectivity index (χ1n) is 11.3. The SMILES string of the molecule is CC(C)C(=O)NC1CCN(c2cnc(-c3ccc(C(F)(F)F)cc3)c(-c3ccncc3F)n2)CC1. The molecule has 0 aliphatic carbocycles. The summed E-state index contributed by atoms with van der Waals surface area (Å²) in [6.07, 6.45) is 1.01. The minimum atomic E-state index is -4.46. The summed E-state index contributed by atoms with van der Waals surface area (Å²) < 4.78 is 53.7. The lowest BCUT2D eigenvalue weighted by Gasteiger charge is -2.33. The quantitative estimate of drug-likeness (QED) is 0.507. The molecule has 0 atom stereocenters. The highest BCUT2D eigenvalue weighted by molar-refractivity contribution is 5.79. The van der Waals surface area contributed by atoms with Gasteiger partial charge >= 0.3 is 6.18 Å². The van der Waals surface area contributed by atoms with E-state index in [1.165, 1.54) is 24.4 Å². The Morgan fingerprint density at radius 1 is 1.06 bits per heavy atom. The first-order chi connectivity index (χ1) is 16.6. The molecule has 0 spiro atoms. The summed E-state index contributed by atoms with van der Waals surface area (Å²) in [5.74, 6) is -0.156. The van der Waals surface area contributed by atoms with Crippen molar-refractivity contribution in [2.45, 2.75) is 38.9 Å². The van der Waals surface area contributed by atoms with Gasteiger partial charge in [0.1, 0.15) is 11.5 Å². The molecule has 4 rings (SSSR count). The van der Waals surface area contributed by atoms with Gasteiger partial charge in [0.2, 0.25) is 5.91 Å². The van der Waals surface area contributed by atoms with Gasteiger partial charge in [-0.2, -0.15) is 13.2 Å². The molecule has 1 aliphatic rings. The summed E-state index contributed by atoms with van der Waals surface area (Å²) in [6.45, 7) is 4.93. The number of carbonyl (C=O) groups excluding carboxylic acids is 1. The molecule has 3 aromatic rings. The van der Waals surface area contributed by atoms with Gasteiger partial charge in [-0.3, -0.25) is 14.8 Å². The summed E-state index contributed by atoms with van der Waals surface area (Å²) in [5.41, 5.74) is 0.251. The lowest BCUT2D eigenvalue weighted by molar-refractivity contribution is -0.137. The molecule has 6 nitrogen and oxygen atoms in total. The Morgan fingerprint density at radius 2 is 1.74 bits per heavy atom. The van der Waals surface area contributed by atoms with Crippen LogP contribution in [0.25, 0.3) is 22.5 Å². The Morgan fingerprint density at radius 3 is 2.34 bits per heavy atom. The normalized spacial score (nSPS) is 14.9. The largest absolute Gasteiger partial charge is 0.416 e. The van der Waals surface area contributed by atoms with Crippen LogP contribution in [0.4, 0.5) is 23.4 Å². The van der Waals surface area contributed by atoms with E-state index >= 15 is 0 Å². The molecule has 1 saturated heterocycles. The van der Waals surface area contributed by atoms with Gasteiger partial charge in [0.15, 0.2) is 5.82 Å². The van der Waals surface area contributed by atoms with Crippen LogP contribution >= 0.6 is 0 Å². The zero-order valence-corrected chi connectivity index (χ0v) is 19.3. The molecule has 1 N–H and O–H groups in total. The molecule has 10 heteroatoms. The van der Waals surface area contributed by atoms with Crippen molar-refractivity contribution < 1.29 is 22.4 Å². The zero-order chi connectivity index (χ0) is 25.2. The van der Waals surface area contributed by atoms with Crippen LogP contribution in [0.1, 0.15) is 32.3 Å². The van der Waals surface area contributed by atoms with Crippen molar-refractivity contribution in [3.05, 3.63) is 60.3 Å². The minimum absolute atomic E-state index is 0.0135. The van der Waals surface area contributed by atoms with E-state index in [4.69, 9.17) is 0 Å². The summed E-state index contributed by atoms with van der Waals surface area (Å²) in [4.78, 5) is 26.9. The van der Waals surface area contributed by atoms with E-state index < -0.39 is 17.6 Å². The molecule has 184 valence electrons. The third kappa shape index (κ3) is 5.58. The predicted octanol–water partition coefficient (Wildman–Crippen LogP) is 5.10. The molecule has 1 aliphatic heterocycles. The highest BCUT2D eigenvalue weighted by atomic mass is 19.4. The number of halogens is 4. The zero-order valence-electron chi connectivity index (χ0n) is 19.3. The van der Waals surface area contributed by atoms with Gasteiger partial charge in [-0.05, 0) is 31.0 Å². The third-order valence-corrected chi connectivity index (χ3v) is 5.96. The summed E-state index contributed by atoms with van der Waals surface area (Å²) in [7, 11) is 0. The third-order valence-electron chi connectivity index (χ3n) is 5.96. The van der Waals surface area contributed by atoms with E-state index in [1.54, 1.807) is 6.20 Å². The lowest BCUT2D eigenvalue weighted by atomic mass is 10.0. The first kappa shape index (κ1) is 24.6. The van der Waals surface area contributed by atoms with Crippen molar-refractivity contribution in [3.63, 3.8) is 0 Å². The van der Waals surface area contributed by atoms with Gasteiger partial charge in [-0.25, -0.2) is 9.37 Å². The average Bonchev–Trinajstić information content (AvgIpc) is 2.84. The van der Waals surface area contributed by atoms with E-state index in [0.717, 1.165) is 31.2 Å². The van der Waals surface area contributed by atoms with Crippen LogP contribution in [0, 0.1) is 11.7 Å². The maximum atomic E-state index is 14.7. The van der Waals surface area contributed by atoms with Crippen LogP contribution < -0.4 is 10.2 Å². The molecule has 1 amide bonds. The van der Waals surface area contributed by atoms with Gasteiger partial charge in [0.05, 0.1) is 23.7 Å². The van der Waals surface area contributed by atoms with Crippen molar-refractivity contribution in [2.75, 3.05) is 18.0 Å². The monoisotopic (exact) mass is 487 g/mol. The molecule has 0 unspecified atom stereocenters. The van der Waals surface area contributed by atoms with Crippen molar-refractivity contribution in [1.82, 2.24) is 20.3 Å². The van der Waals surface area contributed by atoms with Gasteiger partial charge in [0.25, 0.3) is 0 Å². The fraction of sp³-hybridized carbons (Fsp3) is 0.360. The highest BCUT2D eigenvalue weighted by Crippen LogP contribution is 2.35. The minimum Gasteiger partial charge on any atom is -0.355 e. The molecule has 0 saturated carbocycles. The standard InChI is InChI=1S/C25H25F4N5O/c1-15(2)24(35)32-18-8-11-34(12-9-18)21-14-31-22(16-3-5-17(6-4-16)25(27,28)29)23(33-21)19-7-10-30-13-20(19)26/h3-7,10,13-15,18H,8-9,11-12H2,1-2H3,(H,32,35). The lowest BCUT2D eigenvalue weighted by Crippen LogP contribution is -2.46. The van der Waals surface area contributed by atoms with E-state index in [9.17, 15) is 22.4 Å². The van der Waals surface area contributed by atoms with Crippen LogP contribution in [0.5, 0.6) is 0 Å². The van der Waals surface area contributed by atoms with Crippen LogP contribution in [0.2, 0.25) is 0 Å². The number of nitrogens with one attached hydrogen (secondary N) is 1. The van der Waals surface area contributed by atoms with Crippen LogP contribution in [-0.2, 0) is 11.0 Å². The van der Waals surface area contributed by atoms with Crippen molar-refractivity contribution in [3.8, 4) is 22.5 Å². The topological polar surface area (TPSA) is 71.0 Å². The molecule has 3 heterocycles. The fourth-order valence-electron chi connectivity index (χ4n) is 3.94. The predicted molar refractivity (Wildman–Crippen MR) is 124 cm³/mol. The number of piperidine rings is 1. The number of aromatic nitrogens is 3. The molecular formula is C25H25F4N5O. The molecular weight excluding hydrogens is 462 g/mol. The average molecular weight is 488 g/mol. The van der Waals surface area contributed by atoms with Crippen LogP contribution in [0.15, 0.2) is 48.9 Å². The molecule has 1 aromatic carbocycles. The summed E-state index contributed by atoms with van der Waals surface area (Å²) in [5, 5.41) is 3.04. The Balaban J connectivity index is 1.64. The number of carbonyl (C=O) groups is 1. The second-order valence-corrected chi connectivity index (χ2v) is 8.78. The summed E-state index contributed by atoms with van der Waals surface area (Å²) >= 11 is 0. The van der Waals surface area contributed by atoms with Gasteiger partial charge in [0, 0.05) is 42.4 Å². The highest BCUT2D eigenvalue weighted by Gasteiger charge is 2.30. The molecule has 2 aromatic heterocycles. The van der Waals surface area contributed by atoms with Crippen LogP contribution in [-0.4, -0.2) is 40.0 Å². The smallest absolute Gasteiger partial charge is 0.355 e. The fourth-order valence-corrected chi connectivity index (χ4v) is 3.94. The summed E-state index contributed by atoms with van der Waals surface area (Å²) in [6, 6.07) is 6.07. The number of benzene rings is 1. The molecule has 1 fully saturated rings. The molecule has 35 heavy (non-hydrogen) atoms.